The van der Waals surface area contributed by atoms with Crippen LogP contribution in [0, 0.1) is 11.6 Å². The van der Waals surface area contributed by atoms with Gasteiger partial charge in [0, 0.05) is 22.5 Å². The molecule has 3 rings (SSSR count). The first-order valence-electron chi connectivity index (χ1n) is 6.92. The molecule has 3 nitrogen and oxygen atoms in total. The summed E-state index contributed by atoms with van der Waals surface area (Å²) in [5.41, 5.74) is 0.379. The molecule has 7 heteroatoms. The standard InChI is InChI=1S/C16H12Cl2F2N2O/c17-8-4-5-10(18)14(6-8)22-16(23)21-13-7-9(13)15-11(19)2-1-3-12(15)20/h1-6,9,13H,7H2,(H2,21,22,23)/t9-,13+/m1/s1. The second-order valence-electron chi connectivity index (χ2n) is 5.31. The van der Waals surface area contributed by atoms with E-state index in [1.807, 2.05) is 0 Å². The molecular formula is C16H12Cl2F2N2O. The van der Waals surface area contributed by atoms with Gasteiger partial charge in [0.15, 0.2) is 0 Å². The molecule has 2 aromatic carbocycles. The molecular weight excluding hydrogens is 345 g/mol. The van der Waals surface area contributed by atoms with E-state index in [9.17, 15) is 13.6 Å². The highest BCUT2D eigenvalue weighted by molar-refractivity contribution is 6.35. The average Bonchev–Trinajstić information content (AvgIpc) is 3.21. The molecule has 0 bridgehead atoms. The van der Waals surface area contributed by atoms with Crippen LogP contribution >= 0.6 is 23.2 Å². The summed E-state index contributed by atoms with van der Waals surface area (Å²) in [5, 5.41) is 6.01. The Bertz CT molecular complexity index is 749. The molecule has 2 N–H and O–H groups in total. The van der Waals surface area contributed by atoms with E-state index in [0.29, 0.717) is 22.2 Å². The van der Waals surface area contributed by atoms with E-state index in [1.54, 1.807) is 12.1 Å². The van der Waals surface area contributed by atoms with Crippen LogP contribution in [0.5, 0.6) is 0 Å². The summed E-state index contributed by atoms with van der Waals surface area (Å²) in [6.45, 7) is 0. The van der Waals surface area contributed by atoms with Gasteiger partial charge in [-0.1, -0.05) is 29.3 Å². The molecule has 2 aromatic rings. The van der Waals surface area contributed by atoms with Gasteiger partial charge in [-0.05, 0) is 36.8 Å². The fraction of sp³-hybridized carbons (Fsp3) is 0.188. The van der Waals surface area contributed by atoms with Crippen LogP contribution in [0.25, 0.3) is 0 Å². The molecule has 2 atom stereocenters. The lowest BCUT2D eigenvalue weighted by atomic mass is 10.1. The predicted molar refractivity (Wildman–Crippen MR) is 86.1 cm³/mol. The maximum absolute atomic E-state index is 13.7. The van der Waals surface area contributed by atoms with Gasteiger partial charge in [-0.25, -0.2) is 13.6 Å². The highest BCUT2D eigenvalue weighted by Crippen LogP contribution is 2.43. The summed E-state index contributed by atoms with van der Waals surface area (Å²) in [7, 11) is 0. The van der Waals surface area contributed by atoms with Crippen molar-refractivity contribution in [1.82, 2.24) is 5.32 Å². The van der Waals surface area contributed by atoms with Gasteiger partial charge < -0.3 is 10.6 Å². The summed E-state index contributed by atoms with van der Waals surface area (Å²) in [4.78, 5) is 12.0. The highest BCUT2D eigenvalue weighted by atomic mass is 35.5. The molecule has 0 saturated heterocycles. The molecule has 2 amide bonds. The zero-order chi connectivity index (χ0) is 16.6. The second-order valence-corrected chi connectivity index (χ2v) is 6.15. The summed E-state index contributed by atoms with van der Waals surface area (Å²) >= 11 is 11.8. The molecule has 1 fully saturated rings. The fourth-order valence-corrected chi connectivity index (χ4v) is 2.80. The van der Waals surface area contributed by atoms with Crippen LogP contribution in [0.1, 0.15) is 17.9 Å². The lowest BCUT2D eigenvalue weighted by molar-refractivity contribution is 0.251. The number of hydrogen-bond acceptors (Lipinski definition) is 1. The van der Waals surface area contributed by atoms with E-state index in [4.69, 9.17) is 23.2 Å². The second kappa shape index (κ2) is 6.34. The third-order valence-corrected chi connectivity index (χ3v) is 4.22. The van der Waals surface area contributed by atoms with Gasteiger partial charge >= 0.3 is 6.03 Å². The van der Waals surface area contributed by atoms with Crippen molar-refractivity contribution in [2.45, 2.75) is 18.4 Å². The van der Waals surface area contributed by atoms with E-state index in [-0.39, 0.29) is 17.5 Å². The van der Waals surface area contributed by atoms with Crippen molar-refractivity contribution in [2.24, 2.45) is 0 Å². The number of rotatable bonds is 3. The average molecular weight is 357 g/mol. The Labute approximate surface area is 141 Å². The Morgan fingerprint density at radius 2 is 1.83 bits per heavy atom. The van der Waals surface area contributed by atoms with Crippen molar-refractivity contribution >= 4 is 34.9 Å². The first kappa shape index (κ1) is 16.0. The SMILES string of the molecule is O=C(Nc1cc(Cl)ccc1Cl)N[C@H]1C[C@H]1c1c(F)cccc1F. The number of amides is 2. The number of hydrogen-bond donors (Lipinski definition) is 2. The Morgan fingerprint density at radius 3 is 2.52 bits per heavy atom. The molecule has 0 radical (unpaired) electrons. The van der Waals surface area contributed by atoms with Crippen molar-refractivity contribution < 1.29 is 13.6 Å². The summed E-state index contributed by atoms with van der Waals surface area (Å²) in [6.07, 6.45) is 0.481. The van der Waals surface area contributed by atoms with Crippen molar-refractivity contribution in [3.63, 3.8) is 0 Å². The van der Waals surface area contributed by atoms with E-state index in [0.717, 1.165) is 0 Å². The zero-order valence-corrected chi connectivity index (χ0v) is 13.3. The molecule has 0 spiro atoms. The van der Waals surface area contributed by atoms with E-state index >= 15 is 0 Å². The summed E-state index contributed by atoms with van der Waals surface area (Å²) < 4.78 is 27.4. The van der Waals surface area contributed by atoms with Crippen molar-refractivity contribution in [1.29, 1.82) is 0 Å². The van der Waals surface area contributed by atoms with Gasteiger partial charge in [-0.3, -0.25) is 0 Å². The van der Waals surface area contributed by atoms with Crippen molar-refractivity contribution in [2.75, 3.05) is 5.32 Å². The molecule has 0 heterocycles. The Hall–Kier alpha value is -1.85. The molecule has 120 valence electrons. The Kier molecular flexibility index (Phi) is 4.41. The number of benzene rings is 2. The molecule has 0 aromatic heterocycles. The number of nitrogens with one attached hydrogen (secondary N) is 2. The van der Waals surface area contributed by atoms with Gasteiger partial charge in [-0.2, -0.15) is 0 Å². The number of carbonyl (C=O) groups excluding carboxylic acids is 1. The Morgan fingerprint density at radius 1 is 1.13 bits per heavy atom. The molecule has 0 aliphatic heterocycles. The van der Waals surface area contributed by atoms with Crippen LogP contribution < -0.4 is 10.6 Å². The lowest BCUT2D eigenvalue weighted by Gasteiger charge is -2.10. The topological polar surface area (TPSA) is 41.1 Å². The van der Waals surface area contributed by atoms with Gasteiger partial charge in [0.1, 0.15) is 11.6 Å². The molecule has 1 aliphatic carbocycles. The van der Waals surface area contributed by atoms with Crippen LogP contribution in [0.4, 0.5) is 19.3 Å². The van der Waals surface area contributed by atoms with Gasteiger partial charge in [-0.15, -0.1) is 0 Å². The molecule has 0 unspecified atom stereocenters. The largest absolute Gasteiger partial charge is 0.334 e. The van der Waals surface area contributed by atoms with Gasteiger partial charge in [0.05, 0.1) is 10.7 Å². The fourth-order valence-electron chi connectivity index (χ4n) is 2.46. The smallest absolute Gasteiger partial charge is 0.319 e. The monoisotopic (exact) mass is 356 g/mol. The highest BCUT2D eigenvalue weighted by Gasteiger charge is 2.42. The minimum atomic E-state index is -0.599. The van der Waals surface area contributed by atoms with Crippen LogP contribution in [0.3, 0.4) is 0 Å². The maximum Gasteiger partial charge on any atom is 0.319 e. The van der Waals surface area contributed by atoms with Crippen LogP contribution in [-0.2, 0) is 0 Å². The number of carbonyl (C=O) groups is 1. The number of anilines is 1. The predicted octanol–water partition coefficient (Wildman–Crippen LogP) is 4.95. The van der Waals surface area contributed by atoms with Gasteiger partial charge in [0.25, 0.3) is 0 Å². The minimum Gasteiger partial charge on any atom is -0.334 e. The Balaban J connectivity index is 1.63. The quantitative estimate of drug-likeness (QED) is 0.802. The molecule has 23 heavy (non-hydrogen) atoms. The van der Waals surface area contributed by atoms with Crippen LogP contribution in [0.15, 0.2) is 36.4 Å². The molecule has 1 saturated carbocycles. The van der Waals surface area contributed by atoms with Crippen molar-refractivity contribution in [3.05, 3.63) is 63.6 Å². The number of urea groups is 1. The maximum atomic E-state index is 13.7. The number of halogens is 4. The van der Waals surface area contributed by atoms with E-state index in [2.05, 4.69) is 10.6 Å². The molecule has 1 aliphatic rings. The summed E-state index contributed by atoms with van der Waals surface area (Å²) in [6, 6.07) is 7.59. The van der Waals surface area contributed by atoms with Gasteiger partial charge in [0.2, 0.25) is 0 Å². The van der Waals surface area contributed by atoms with Crippen molar-refractivity contribution in [3.8, 4) is 0 Å². The third kappa shape index (κ3) is 3.57. The third-order valence-electron chi connectivity index (χ3n) is 3.65. The first-order chi connectivity index (χ1) is 11.0. The lowest BCUT2D eigenvalue weighted by Crippen LogP contribution is -2.31. The summed E-state index contributed by atoms with van der Waals surface area (Å²) in [5.74, 6) is -1.56. The first-order valence-corrected chi connectivity index (χ1v) is 7.68. The van der Waals surface area contributed by atoms with Crippen LogP contribution in [-0.4, -0.2) is 12.1 Å². The normalized spacial score (nSPS) is 19.3. The zero-order valence-electron chi connectivity index (χ0n) is 11.7. The van der Waals surface area contributed by atoms with Crippen LogP contribution in [0.2, 0.25) is 10.0 Å². The van der Waals surface area contributed by atoms with E-state index in [1.165, 1.54) is 24.3 Å². The van der Waals surface area contributed by atoms with E-state index < -0.39 is 17.7 Å². The minimum absolute atomic E-state index is 0.0126.